The highest BCUT2D eigenvalue weighted by Gasteiger charge is 2.10. The van der Waals surface area contributed by atoms with E-state index >= 15 is 0 Å². The van der Waals surface area contributed by atoms with Crippen molar-refractivity contribution in [2.75, 3.05) is 5.32 Å². The number of benzene rings is 2. The lowest BCUT2D eigenvalue weighted by Gasteiger charge is -2.04. The summed E-state index contributed by atoms with van der Waals surface area (Å²) in [7, 11) is 0. The molecule has 2 aromatic carbocycles. The lowest BCUT2D eigenvalue weighted by molar-refractivity contribution is -0.384. The molecule has 1 N–H and O–H groups in total. The average molecular weight is 332 g/mol. The van der Waals surface area contributed by atoms with Crippen molar-refractivity contribution in [3.8, 4) is 11.3 Å². The minimum absolute atomic E-state index is 0.0473. The molecule has 1 aromatic heterocycles. The molecule has 0 radical (unpaired) electrons. The van der Waals surface area contributed by atoms with Crippen LogP contribution in [0.2, 0.25) is 5.02 Å². The second kappa shape index (κ2) is 6.13. The van der Waals surface area contributed by atoms with Crippen LogP contribution in [0.5, 0.6) is 0 Å². The summed E-state index contributed by atoms with van der Waals surface area (Å²) in [5.74, 6) is 0. The SMILES string of the molecule is O=[N+]([O-])c1cccc(-c2csc(Nc3ccccc3Cl)n2)c1. The van der Waals surface area contributed by atoms with Crippen molar-refractivity contribution in [2.24, 2.45) is 0 Å². The minimum Gasteiger partial charge on any atom is -0.330 e. The van der Waals surface area contributed by atoms with Gasteiger partial charge in [0.25, 0.3) is 5.69 Å². The van der Waals surface area contributed by atoms with Gasteiger partial charge in [-0.1, -0.05) is 35.9 Å². The third-order valence-electron chi connectivity index (χ3n) is 2.97. The maximum Gasteiger partial charge on any atom is 0.270 e. The van der Waals surface area contributed by atoms with Crippen molar-refractivity contribution < 1.29 is 4.92 Å². The Hall–Kier alpha value is -2.44. The molecular weight excluding hydrogens is 322 g/mol. The predicted molar refractivity (Wildman–Crippen MR) is 88.9 cm³/mol. The van der Waals surface area contributed by atoms with Crippen LogP contribution in [0.25, 0.3) is 11.3 Å². The van der Waals surface area contributed by atoms with Crippen molar-refractivity contribution in [1.82, 2.24) is 4.98 Å². The summed E-state index contributed by atoms with van der Waals surface area (Å²) < 4.78 is 0. The van der Waals surface area contributed by atoms with E-state index in [0.29, 0.717) is 21.4 Å². The molecule has 5 nitrogen and oxygen atoms in total. The van der Waals surface area contributed by atoms with Gasteiger partial charge in [0, 0.05) is 23.1 Å². The molecular formula is C15H10ClN3O2S. The molecule has 0 saturated carbocycles. The third-order valence-corrected chi connectivity index (χ3v) is 4.06. The van der Waals surface area contributed by atoms with Gasteiger partial charge < -0.3 is 5.32 Å². The van der Waals surface area contributed by atoms with Crippen molar-refractivity contribution in [2.45, 2.75) is 0 Å². The second-order valence-corrected chi connectivity index (χ2v) is 5.72. The molecule has 3 aromatic rings. The quantitative estimate of drug-likeness (QED) is 0.532. The standard InChI is InChI=1S/C15H10ClN3O2S/c16-12-6-1-2-7-13(12)17-15-18-14(9-22-15)10-4-3-5-11(8-10)19(20)21/h1-9H,(H,17,18). The number of nitrogens with one attached hydrogen (secondary N) is 1. The molecule has 0 bridgehead atoms. The molecule has 110 valence electrons. The molecule has 0 spiro atoms. The van der Waals surface area contributed by atoms with Gasteiger partial charge in [0.05, 0.1) is 21.3 Å². The molecule has 0 aliphatic heterocycles. The fraction of sp³-hybridized carbons (Fsp3) is 0. The summed E-state index contributed by atoms with van der Waals surface area (Å²) in [6.07, 6.45) is 0. The first kappa shape index (κ1) is 14.5. The normalized spacial score (nSPS) is 10.4. The van der Waals surface area contributed by atoms with E-state index in [9.17, 15) is 10.1 Å². The largest absolute Gasteiger partial charge is 0.330 e. The summed E-state index contributed by atoms with van der Waals surface area (Å²) in [5, 5.41) is 17.1. The van der Waals surface area contributed by atoms with Crippen LogP contribution in [-0.4, -0.2) is 9.91 Å². The van der Waals surface area contributed by atoms with Crippen molar-refractivity contribution >= 4 is 39.4 Å². The van der Waals surface area contributed by atoms with Crippen LogP contribution in [0.4, 0.5) is 16.5 Å². The third kappa shape index (κ3) is 3.08. The second-order valence-electron chi connectivity index (χ2n) is 4.45. The maximum atomic E-state index is 10.8. The maximum absolute atomic E-state index is 10.8. The molecule has 0 unspecified atom stereocenters. The van der Waals surface area contributed by atoms with E-state index in [1.165, 1.54) is 23.5 Å². The molecule has 0 atom stereocenters. The van der Waals surface area contributed by atoms with Gasteiger partial charge in [-0.05, 0) is 12.1 Å². The summed E-state index contributed by atoms with van der Waals surface area (Å²) in [4.78, 5) is 14.9. The van der Waals surface area contributed by atoms with E-state index in [0.717, 1.165) is 5.69 Å². The van der Waals surface area contributed by atoms with E-state index in [1.54, 1.807) is 18.2 Å². The first-order chi connectivity index (χ1) is 10.6. The summed E-state index contributed by atoms with van der Waals surface area (Å²) in [5.41, 5.74) is 2.20. The van der Waals surface area contributed by atoms with Crippen LogP contribution in [0, 0.1) is 10.1 Å². The van der Waals surface area contributed by atoms with Gasteiger partial charge in [0.15, 0.2) is 5.13 Å². The highest BCUT2D eigenvalue weighted by atomic mass is 35.5. The lowest BCUT2D eigenvalue weighted by Crippen LogP contribution is -1.91. The fourth-order valence-electron chi connectivity index (χ4n) is 1.92. The van der Waals surface area contributed by atoms with Crippen LogP contribution < -0.4 is 5.32 Å². The zero-order chi connectivity index (χ0) is 15.5. The minimum atomic E-state index is -0.418. The van der Waals surface area contributed by atoms with Crippen LogP contribution in [0.3, 0.4) is 0 Å². The Morgan fingerprint density at radius 2 is 2.00 bits per heavy atom. The Morgan fingerprint density at radius 3 is 2.77 bits per heavy atom. The molecule has 1 heterocycles. The smallest absolute Gasteiger partial charge is 0.270 e. The summed E-state index contributed by atoms with van der Waals surface area (Å²) >= 11 is 7.50. The number of non-ortho nitro benzene ring substituents is 1. The van der Waals surface area contributed by atoms with Crippen LogP contribution in [-0.2, 0) is 0 Å². The van der Waals surface area contributed by atoms with Gasteiger partial charge in [-0.3, -0.25) is 10.1 Å². The van der Waals surface area contributed by atoms with Crippen LogP contribution >= 0.6 is 22.9 Å². The van der Waals surface area contributed by atoms with Gasteiger partial charge >= 0.3 is 0 Å². The van der Waals surface area contributed by atoms with Gasteiger partial charge in [0.2, 0.25) is 0 Å². The van der Waals surface area contributed by atoms with Gasteiger partial charge in [-0.15, -0.1) is 11.3 Å². The lowest BCUT2D eigenvalue weighted by atomic mass is 10.1. The summed E-state index contributed by atoms with van der Waals surface area (Å²) in [6, 6.07) is 13.8. The van der Waals surface area contributed by atoms with E-state index in [4.69, 9.17) is 11.6 Å². The van der Waals surface area contributed by atoms with E-state index in [-0.39, 0.29) is 5.69 Å². The topological polar surface area (TPSA) is 68.1 Å². The highest BCUT2D eigenvalue weighted by Crippen LogP contribution is 2.31. The van der Waals surface area contributed by atoms with Crippen molar-refractivity contribution in [3.63, 3.8) is 0 Å². The van der Waals surface area contributed by atoms with Crippen LogP contribution in [0.1, 0.15) is 0 Å². The number of para-hydroxylation sites is 1. The zero-order valence-electron chi connectivity index (χ0n) is 11.2. The molecule has 22 heavy (non-hydrogen) atoms. The number of hydrogen-bond donors (Lipinski definition) is 1. The fourth-order valence-corrected chi connectivity index (χ4v) is 2.84. The van der Waals surface area contributed by atoms with Gasteiger partial charge in [0.1, 0.15) is 0 Å². The number of hydrogen-bond acceptors (Lipinski definition) is 5. The van der Waals surface area contributed by atoms with Crippen LogP contribution in [0.15, 0.2) is 53.9 Å². The molecule has 0 aliphatic rings. The first-order valence-electron chi connectivity index (χ1n) is 6.35. The molecule has 0 amide bonds. The molecule has 0 saturated heterocycles. The number of nitro benzene ring substituents is 1. The molecule has 3 rings (SSSR count). The first-order valence-corrected chi connectivity index (χ1v) is 7.61. The average Bonchev–Trinajstić information content (AvgIpc) is 2.98. The monoisotopic (exact) mass is 331 g/mol. The van der Waals surface area contributed by atoms with E-state index in [1.807, 2.05) is 23.6 Å². The molecule has 0 aliphatic carbocycles. The number of rotatable bonds is 4. The Morgan fingerprint density at radius 1 is 1.18 bits per heavy atom. The molecule has 7 heteroatoms. The number of thiazole rings is 1. The Labute approximate surface area is 135 Å². The predicted octanol–water partition coefficient (Wildman–Crippen LogP) is 5.12. The Bertz CT molecular complexity index is 835. The molecule has 0 fully saturated rings. The number of halogens is 1. The number of nitro groups is 1. The van der Waals surface area contributed by atoms with Crippen molar-refractivity contribution in [3.05, 3.63) is 69.0 Å². The van der Waals surface area contributed by atoms with Gasteiger partial charge in [-0.2, -0.15) is 0 Å². The summed E-state index contributed by atoms with van der Waals surface area (Å²) in [6.45, 7) is 0. The number of aromatic nitrogens is 1. The number of nitrogens with zero attached hydrogens (tertiary/aromatic N) is 2. The van der Waals surface area contributed by atoms with Crippen molar-refractivity contribution in [1.29, 1.82) is 0 Å². The number of anilines is 2. The highest BCUT2D eigenvalue weighted by molar-refractivity contribution is 7.14. The Balaban J connectivity index is 1.86. The van der Waals surface area contributed by atoms with E-state index in [2.05, 4.69) is 10.3 Å². The Kier molecular flexibility index (Phi) is 4.04. The van der Waals surface area contributed by atoms with E-state index < -0.39 is 4.92 Å². The van der Waals surface area contributed by atoms with Gasteiger partial charge in [-0.25, -0.2) is 4.98 Å². The zero-order valence-corrected chi connectivity index (χ0v) is 12.8.